The van der Waals surface area contributed by atoms with E-state index < -0.39 is 0 Å². The molecule has 2 aromatic rings. The number of carbonyl (C=O) groups is 1. The Morgan fingerprint density at radius 2 is 1.88 bits per heavy atom. The van der Waals surface area contributed by atoms with Gasteiger partial charge in [-0.05, 0) is 30.9 Å². The van der Waals surface area contributed by atoms with Crippen LogP contribution in [0.4, 0.5) is 0 Å². The van der Waals surface area contributed by atoms with Gasteiger partial charge < -0.3 is 15.0 Å². The first-order chi connectivity index (χ1) is 19.1. The number of benzene rings is 1. The van der Waals surface area contributed by atoms with E-state index in [1.54, 1.807) is 24.4 Å². The van der Waals surface area contributed by atoms with Gasteiger partial charge in [0.2, 0.25) is 0 Å². The first-order valence-corrected chi connectivity index (χ1v) is 14.5. The summed E-state index contributed by atoms with van der Waals surface area (Å²) in [6.45, 7) is 13.3. The molecule has 6 rings (SSSR count). The van der Waals surface area contributed by atoms with Crippen molar-refractivity contribution in [3.05, 3.63) is 52.1 Å². The zero-order valence-corrected chi connectivity index (χ0v) is 24.3. The average molecular weight is 559 g/mol. The number of hydrogen-bond donors (Lipinski definition) is 1. The molecule has 4 aliphatic rings. The third kappa shape index (κ3) is 4.53. The second-order valence-electron chi connectivity index (χ2n) is 12.7. The molecule has 1 aromatic heterocycles. The van der Waals surface area contributed by atoms with E-state index in [-0.39, 0.29) is 28.9 Å². The predicted molar refractivity (Wildman–Crippen MR) is 152 cm³/mol. The second kappa shape index (κ2) is 10.0. The van der Waals surface area contributed by atoms with Gasteiger partial charge in [-0.3, -0.25) is 9.69 Å². The number of rotatable bonds is 4. The minimum Gasteiger partial charge on any atom is -0.489 e. The Labute approximate surface area is 241 Å². The molecule has 1 saturated heterocycles. The molecule has 40 heavy (non-hydrogen) atoms. The van der Waals surface area contributed by atoms with Gasteiger partial charge in [-0.25, -0.2) is 9.97 Å². The molecule has 8 nitrogen and oxygen atoms in total. The molecule has 9 heteroatoms. The maximum atomic E-state index is 13.5. The minimum absolute atomic E-state index is 0.0752. The Hall–Kier alpha value is -3.17. The summed E-state index contributed by atoms with van der Waals surface area (Å²) in [4.78, 5) is 27.2. The molecule has 3 fully saturated rings. The van der Waals surface area contributed by atoms with Gasteiger partial charge in [0.05, 0.1) is 29.0 Å². The van der Waals surface area contributed by atoms with Gasteiger partial charge in [0, 0.05) is 61.1 Å². The summed E-state index contributed by atoms with van der Waals surface area (Å²) < 4.78 is 6.41. The van der Waals surface area contributed by atoms with Crippen molar-refractivity contribution in [2.75, 3.05) is 26.2 Å². The van der Waals surface area contributed by atoms with Crippen LogP contribution in [0.5, 0.6) is 5.75 Å². The molecule has 2 aliphatic heterocycles. The number of fused-ring (bicyclic) bond motifs is 1. The Morgan fingerprint density at radius 1 is 1.15 bits per heavy atom. The van der Waals surface area contributed by atoms with E-state index in [2.05, 4.69) is 60.8 Å². The number of nitriles is 1. The number of hydrogen-bond acceptors (Lipinski definition) is 7. The van der Waals surface area contributed by atoms with Crippen molar-refractivity contribution in [3.63, 3.8) is 0 Å². The molecule has 208 valence electrons. The van der Waals surface area contributed by atoms with Crippen LogP contribution in [-0.2, 0) is 6.54 Å². The zero-order valence-electron chi connectivity index (χ0n) is 23.5. The van der Waals surface area contributed by atoms with Crippen molar-refractivity contribution in [1.29, 1.82) is 5.26 Å². The highest BCUT2D eigenvalue weighted by Gasteiger charge is 2.67. The monoisotopic (exact) mass is 558 g/mol. The summed E-state index contributed by atoms with van der Waals surface area (Å²) in [5.41, 5.74) is 1.48. The normalized spacial score (nSPS) is 28.4. The molecule has 0 radical (unpaired) electrons. The molecule has 1 aromatic carbocycles. The molecule has 0 bridgehead atoms. The molecule has 1 amide bonds. The summed E-state index contributed by atoms with van der Waals surface area (Å²) in [6, 6.07) is 7.77. The van der Waals surface area contributed by atoms with Gasteiger partial charge in [-0.2, -0.15) is 5.26 Å². The largest absolute Gasteiger partial charge is 0.489 e. The van der Waals surface area contributed by atoms with Gasteiger partial charge in [-0.15, -0.1) is 0 Å². The number of halogens is 1. The highest BCUT2D eigenvalue weighted by molar-refractivity contribution is 6.31. The van der Waals surface area contributed by atoms with Crippen LogP contribution in [0.2, 0.25) is 5.02 Å². The molecular formula is C31H35ClN6O2. The summed E-state index contributed by atoms with van der Waals surface area (Å²) in [7, 11) is 0. The molecule has 3 heterocycles. The summed E-state index contributed by atoms with van der Waals surface area (Å²) in [5, 5.41) is 13.0. The predicted octanol–water partition coefficient (Wildman–Crippen LogP) is 3.87. The first-order valence-electron chi connectivity index (χ1n) is 14.1. The molecule has 2 aliphatic carbocycles. The maximum Gasteiger partial charge on any atom is 0.275 e. The lowest BCUT2D eigenvalue weighted by Gasteiger charge is -2.65. The molecular weight excluding hydrogens is 524 g/mol. The lowest BCUT2D eigenvalue weighted by Crippen LogP contribution is -2.74. The van der Waals surface area contributed by atoms with Crippen molar-refractivity contribution in [1.82, 2.24) is 25.1 Å². The van der Waals surface area contributed by atoms with E-state index >= 15 is 0 Å². The number of carbonyl (C=O) groups excluding carboxylic acids is 1. The molecule has 2 saturated carbocycles. The van der Waals surface area contributed by atoms with Crippen molar-refractivity contribution in [3.8, 4) is 23.7 Å². The van der Waals surface area contributed by atoms with Crippen LogP contribution in [-0.4, -0.2) is 70.0 Å². The van der Waals surface area contributed by atoms with Crippen LogP contribution in [0, 0.1) is 39.9 Å². The van der Waals surface area contributed by atoms with Gasteiger partial charge in [-0.1, -0.05) is 45.2 Å². The molecule has 0 atom stereocenters. The van der Waals surface area contributed by atoms with E-state index in [1.165, 1.54) is 0 Å². The third-order valence-corrected chi connectivity index (χ3v) is 9.51. The van der Waals surface area contributed by atoms with Crippen LogP contribution in [0.3, 0.4) is 0 Å². The van der Waals surface area contributed by atoms with Crippen molar-refractivity contribution in [2.45, 2.75) is 65.3 Å². The van der Waals surface area contributed by atoms with E-state index in [0.717, 1.165) is 39.0 Å². The first kappa shape index (κ1) is 27.0. The second-order valence-corrected chi connectivity index (χ2v) is 13.1. The fraction of sp³-hybridized carbons (Fsp3) is 0.548. The SMILES string of the molecule is CC1(C)[C@H](Oc2ccc(C#N)c(Cl)c2)C(C)(C)[C@H]1N1Cc2nc(C#C[C@H]3C[C@H](N4CCNCC4)C3)cnc2C1=O. The van der Waals surface area contributed by atoms with Gasteiger partial charge in [0.25, 0.3) is 5.91 Å². The van der Waals surface area contributed by atoms with Crippen molar-refractivity contribution in [2.24, 2.45) is 16.7 Å². The Morgan fingerprint density at radius 3 is 2.55 bits per heavy atom. The lowest BCUT2D eigenvalue weighted by molar-refractivity contribution is -0.199. The van der Waals surface area contributed by atoms with Crippen LogP contribution in [0.25, 0.3) is 0 Å². The minimum atomic E-state index is -0.338. The highest BCUT2D eigenvalue weighted by atomic mass is 35.5. The van der Waals surface area contributed by atoms with Gasteiger partial charge in [0.15, 0.2) is 5.69 Å². The van der Waals surface area contributed by atoms with Gasteiger partial charge in [0.1, 0.15) is 23.6 Å². The molecule has 0 unspecified atom stereocenters. The Bertz CT molecular complexity index is 1430. The fourth-order valence-corrected chi connectivity index (χ4v) is 7.81. The number of nitrogens with one attached hydrogen (secondary N) is 1. The topological polar surface area (TPSA) is 94.4 Å². The van der Waals surface area contributed by atoms with Gasteiger partial charge >= 0.3 is 0 Å². The lowest BCUT2D eigenvalue weighted by atomic mass is 9.49. The summed E-state index contributed by atoms with van der Waals surface area (Å²) >= 11 is 6.24. The van der Waals surface area contributed by atoms with Crippen LogP contribution >= 0.6 is 11.6 Å². The zero-order chi connectivity index (χ0) is 28.2. The van der Waals surface area contributed by atoms with E-state index in [1.807, 2.05) is 4.90 Å². The average Bonchev–Trinajstić information content (AvgIpc) is 3.21. The van der Waals surface area contributed by atoms with Crippen molar-refractivity contribution >= 4 is 17.5 Å². The number of piperazine rings is 1. The summed E-state index contributed by atoms with van der Waals surface area (Å²) in [6.07, 6.45) is 3.69. The highest BCUT2D eigenvalue weighted by Crippen LogP contribution is 2.59. The van der Waals surface area contributed by atoms with Crippen LogP contribution in [0.1, 0.15) is 68.0 Å². The quantitative estimate of drug-likeness (QED) is 0.569. The Kier molecular flexibility index (Phi) is 6.78. The smallest absolute Gasteiger partial charge is 0.275 e. The maximum absolute atomic E-state index is 13.5. The molecule has 0 spiro atoms. The number of amides is 1. The third-order valence-electron chi connectivity index (χ3n) is 9.20. The molecule has 1 N–H and O–H groups in total. The van der Waals surface area contributed by atoms with E-state index in [0.29, 0.717) is 51.9 Å². The standard InChI is InChI=1S/C31H35ClN6O2/c1-30(2)28(31(3,4)29(30)40-23-8-6-20(16-33)24(32)15-23)38-18-25-26(27(38)39)35-17-21(36-25)7-5-19-13-22(14-19)37-11-9-34-10-12-37/h6,8,15,17,19,22,28-29,34H,9-14,18H2,1-4H3/t19-,22-,28-,29-. The number of nitrogens with zero attached hydrogens (tertiary/aromatic N) is 5. The summed E-state index contributed by atoms with van der Waals surface area (Å²) in [5.74, 6) is 7.54. The van der Waals surface area contributed by atoms with Crippen LogP contribution < -0.4 is 10.1 Å². The van der Waals surface area contributed by atoms with E-state index in [4.69, 9.17) is 21.3 Å². The van der Waals surface area contributed by atoms with Crippen molar-refractivity contribution < 1.29 is 9.53 Å². The number of ether oxygens (including phenoxy) is 1. The Balaban J connectivity index is 1.12. The number of aromatic nitrogens is 2. The fourth-order valence-electron chi connectivity index (χ4n) is 7.59. The van der Waals surface area contributed by atoms with E-state index in [9.17, 15) is 10.1 Å². The van der Waals surface area contributed by atoms with Crippen LogP contribution in [0.15, 0.2) is 24.4 Å².